The van der Waals surface area contributed by atoms with Crippen LogP contribution < -0.4 is 5.32 Å². The first-order valence-corrected chi connectivity index (χ1v) is 8.57. The van der Waals surface area contributed by atoms with E-state index in [1.165, 1.54) is 11.1 Å². The first-order chi connectivity index (χ1) is 10.2. The molecule has 2 aromatic carbocycles. The van der Waals surface area contributed by atoms with Crippen LogP contribution in [0, 0.1) is 0 Å². The van der Waals surface area contributed by atoms with Crippen molar-refractivity contribution in [3.63, 3.8) is 0 Å². The molecule has 0 bridgehead atoms. The Morgan fingerprint density at radius 1 is 0.905 bits per heavy atom. The van der Waals surface area contributed by atoms with Crippen LogP contribution in [0.25, 0.3) is 0 Å². The van der Waals surface area contributed by atoms with Crippen LogP contribution in [0.15, 0.2) is 59.1 Å². The van der Waals surface area contributed by atoms with E-state index in [1.54, 1.807) is 0 Å². The molecule has 112 valence electrons. The molecule has 0 spiro atoms. The molecule has 0 heterocycles. The van der Waals surface area contributed by atoms with E-state index in [0.717, 1.165) is 23.7 Å². The van der Waals surface area contributed by atoms with Gasteiger partial charge in [-0.1, -0.05) is 72.2 Å². The maximum absolute atomic E-state index is 3.82. The molecule has 0 radical (unpaired) electrons. The van der Waals surface area contributed by atoms with Gasteiger partial charge in [-0.2, -0.15) is 0 Å². The summed E-state index contributed by atoms with van der Waals surface area (Å²) in [4.78, 5) is 0. The maximum Gasteiger partial charge on any atom is 0.0320 e. The van der Waals surface area contributed by atoms with Gasteiger partial charge < -0.3 is 5.32 Å². The third-order valence-corrected chi connectivity index (χ3v) is 4.46. The lowest BCUT2D eigenvalue weighted by atomic mass is 9.99. The lowest BCUT2D eigenvalue weighted by molar-refractivity contribution is 0.413. The molecule has 2 rings (SSSR count). The van der Waals surface area contributed by atoms with Gasteiger partial charge in [-0.15, -0.1) is 0 Å². The Morgan fingerprint density at radius 2 is 1.57 bits per heavy atom. The molecular weight excluding hydrogens is 322 g/mol. The van der Waals surface area contributed by atoms with E-state index < -0.39 is 0 Å². The first-order valence-electron chi connectivity index (χ1n) is 7.78. The summed E-state index contributed by atoms with van der Waals surface area (Å²) in [7, 11) is 0. The standard InChI is InChI=1S/C19H24BrN/c1-3-18(14-15-8-6-5-7-9-15)21-19(4-2)16-10-12-17(20)13-11-16/h5-13,18-19,21H,3-4,14H2,1-2H3. The van der Waals surface area contributed by atoms with Crippen molar-refractivity contribution in [1.82, 2.24) is 5.32 Å². The van der Waals surface area contributed by atoms with Crippen molar-refractivity contribution >= 4 is 15.9 Å². The Balaban J connectivity index is 2.03. The topological polar surface area (TPSA) is 12.0 Å². The number of hydrogen-bond donors (Lipinski definition) is 1. The summed E-state index contributed by atoms with van der Waals surface area (Å²) in [5, 5.41) is 3.82. The summed E-state index contributed by atoms with van der Waals surface area (Å²) in [6.45, 7) is 4.50. The van der Waals surface area contributed by atoms with Gasteiger partial charge in [0.25, 0.3) is 0 Å². The molecule has 2 unspecified atom stereocenters. The third kappa shape index (κ3) is 4.98. The average Bonchev–Trinajstić information content (AvgIpc) is 2.53. The molecular formula is C19H24BrN. The van der Waals surface area contributed by atoms with Gasteiger partial charge >= 0.3 is 0 Å². The summed E-state index contributed by atoms with van der Waals surface area (Å²) in [5.41, 5.74) is 2.77. The van der Waals surface area contributed by atoms with Gasteiger partial charge in [0.1, 0.15) is 0 Å². The first kappa shape index (κ1) is 16.3. The SMILES string of the molecule is CCC(Cc1ccccc1)NC(CC)c1ccc(Br)cc1. The number of rotatable bonds is 7. The zero-order valence-electron chi connectivity index (χ0n) is 12.9. The molecule has 0 aromatic heterocycles. The predicted molar refractivity (Wildman–Crippen MR) is 94.5 cm³/mol. The lowest BCUT2D eigenvalue weighted by Crippen LogP contribution is -2.33. The van der Waals surface area contributed by atoms with Crippen molar-refractivity contribution in [1.29, 1.82) is 0 Å². The molecule has 0 amide bonds. The molecule has 0 saturated carbocycles. The van der Waals surface area contributed by atoms with Gasteiger partial charge in [0, 0.05) is 16.6 Å². The second-order valence-electron chi connectivity index (χ2n) is 5.47. The highest BCUT2D eigenvalue weighted by Gasteiger charge is 2.14. The number of hydrogen-bond acceptors (Lipinski definition) is 1. The Morgan fingerprint density at radius 3 is 2.14 bits per heavy atom. The second kappa shape index (κ2) is 8.35. The van der Waals surface area contributed by atoms with Gasteiger partial charge in [0.2, 0.25) is 0 Å². The average molecular weight is 346 g/mol. The van der Waals surface area contributed by atoms with Crippen LogP contribution in [0.1, 0.15) is 43.9 Å². The van der Waals surface area contributed by atoms with E-state index in [4.69, 9.17) is 0 Å². The summed E-state index contributed by atoms with van der Waals surface area (Å²) in [5.74, 6) is 0. The Labute approximate surface area is 136 Å². The normalized spacial score (nSPS) is 13.9. The van der Waals surface area contributed by atoms with Gasteiger partial charge in [0.05, 0.1) is 0 Å². The molecule has 0 aliphatic rings. The van der Waals surface area contributed by atoms with Crippen LogP contribution in [0.4, 0.5) is 0 Å². The largest absolute Gasteiger partial charge is 0.307 e. The van der Waals surface area contributed by atoms with Gasteiger partial charge in [-0.25, -0.2) is 0 Å². The molecule has 2 atom stereocenters. The highest BCUT2D eigenvalue weighted by Crippen LogP contribution is 2.21. The summed E-state index contributed by atoms with van der Waals surface area (Å²) in [6.07, 6.45) is 3.33. The minimum absolute atomic E-state index is 0.423. The van der Waals surface area contributed by atoms with Crippen LogP contribution in [0.5, 0.6) is 0 Å². The molecule has 2 aromatic rings. The molecule has 1 nitrogen and oxygen atoms in total. The summed E-state index contributed by atoms with van der Waals surface area (Å²) in [6, 6.07) is 20.3. The fraction of sp³-hybridized carbons (Fsp3) is 0.368. The molecule has 0 aliphatic heterocycles. The van der Waals surface area contributed by atoms with Gasteiger partial charge in [-0.05, 0) is 42.5 Å². The zero-order chi connectivity index (χ0) is 15.1. The second-order valence-corrected chi connectivity index (χ2v) is 6.39. The zero-order valence-corrected chi connectivity index (χ0v) is 14.4. The summed E-state index contributed by atoms with van der Waals surface area (Å²) < 4.78 is 1.14. The molecule has 21 heavy (non-hydrogen) atoms. The smallest absolute Gasteiger partial charge is 0.0320 e. The van der Waals surface area contributed by atoms with Crippen molar-refractivity contribution in [2.75, 3.05) is 0 Å². The molecule has 0 aliphatic carbocycles. The Kier molecular flexibility index (Phi) is 6.47. The lowest BCUT2D eigenvalue weighted by Gasteiger charge is -2.25. The molecule has 1 N–H and O–H groups in total. The van der Waals surface area contributed by atoms with E-state index >= 15 is 0 Å². The predicted octanol–water partition coefficient (Wildman–Crippen LogP) is 5.51. The van der Waals surface area contributed by atoms with Crippen LogP contribution in [-0.2, 0) is 6.42 Å². The highest BCUT2D eigenvalue weighted by molar-refractivity contribution is 9.10. The van der Waals surface area contributed by atoms with Crippen molar-refractivity contribution in [3.05, 3.63) is 70.2 Å². The highest BCUT2D eigenvalue weighted by atomic mass is 79.9. The van der Waals surface area contributed by atoms with E-state index in [9.17, 15) is 0 Å². The number of halogens is 1. The summed E-state index contributed by atoms with van der Waals surface area (Å²) >= 11 is 3.50. The molecule has 0 fully saturated rings. The minimum atomic E-state index is 0.423. The Bertz CT molecular complexity index is 521. The van der Waals surface area contributed by atoms with Crippen LogP contribution in [0.2, 0.25) is 0 Å². The van der Waals surface area contributed by atoms with Crippen LogP contribution in [0.3, 0.4) is 0 Å². The van der Waals surface area contributed by atoms with E-state index in [-0.39, 0.29) is 0 Å². The van der Waals surface area contributed by atoms with E-state index in [1.807, 2.05) is 0 Å². The van der Waals surface area contributed by atoms with Crippen molar-refractivity contribution in [2.45, 2.75) is 45.2 Å². The third-order valence-electron chi connectivity index (χ3n) is 3.94. The fourth-order valence-corrected chi connectivity index (χ4v) is 2.91. The Hall–Kier alpha value is -1.12. The van der Waals surface area contributed by atoms with Gasteiger partial charge in [0.15, 0.2) is 0 Å². The van der Waals surface area contributed by atoms with E-state index in [0.29, 0.717) is 12.1 Å². The molecule has 2 heteroatoms. The fourth-order valence-electron chi connectivity index (χ4n) is 2.65. The quantitative estimate of drug-likeness (QED) is 0.697. The van der Waals surface area contributed by atoms with Crippen molar-refractivity contribution in [2.24, 2.45) is 0 Å². The number of benzene rings is 2. The van der Waals surface area contributed by atoms with Gasteiger partial charge in [-0.3, -0.25) is 0 Å². The maximum atomic E-state index is 3.82. The van der Waals surface area contributed by atoms with Crippen LogP contribution >= 0.6 is 15.9 Å². The van der Waals surface area contributed by atoms with Crippen molar-refractivity contribution < 1.29 is 0 Å². The van der Waals surface area contributed by atoms with E-state index in [2.05, 4.69) is 89.7 Å². The van der Waals surface area contributed by atoms with Crippen LogP contribution in [-0.4, -0.2) is 6.04 Å². The minimum Gasteiger partial charge on any atom is -0.307 e. The molecule has 0 saturated heterocycles. The number of nitrogens with one attached hydrogen (secondary N) is 1. The monoisotopic (exact) mass is 345 g/mol. The van der Waals surface area contributed by atoms with Crippen molar-refractivity contribution in [3.8, 4) is 0 Å².